The van der Waals surface area contributed by atoms with Crippen molar-refractivity contribution >= 4 is 0 Å². The van der Waals surface area contributed by atoms with E-state index in [0.29, 0.717) is 0 Å². The van der Waals surface area contributed by atoms with Crippen molar-refractivity contribution in [2.24, 2.45) is 5.73 Å². The number of hydrogen-bond donors (Lipinski definition) is 1. The zero-order valence-corrected chi connectivity index (χ0v) is 9.06. The van der Waals surface area contributed by atoms with Crippen LogP contribution in [0.1, 0.15) is 18.4 Å². The highest BCUT2D eigenvalue weighted by molar-refractivity contribution is 5.59. The number of rotatable bonds is 2. The summed E-state index contributed by atoms with van der Waals surface area (Å²) in [6, 6.07) is 14.4. The molecule has 2 heteroatoms. The second-order valence-corrected chi connectivity index (χ2v) is 4.45. The summed E-state index contributed by atoms with van der Waals surface area (Å²) in [7, 11) is 0. The molecule has 0 saturated heterocycles. The van der Waals surface area contributed by atoms with Crippen LogP contribution in [0.3, 0.4) is 0 Å². The minimum atomic E-state index is -0.0390. The van der Waals surface area contributed by atoms with Gasteiger partial charge in [-0.15, -0.1) is 0 Å². The van der Waals surface area contributed by atoms with Crippen LogP contribution in [-0.4, -0.2) is 4.98 Å². The van der Waals surface area contributed by atoms with E-state index in [1.54, 1.807) is 0 Å². The molecule has 1 aliphatic carbocycles. The van der Waals surface area contributed by atoms with E-state index in [2.05, 4.69) is 29.2 Å². The first-order chi connectivity index (χ1) is 7.78. The van der Waals surface area contributed by atoms with Crippen LogP contribution < -0.4 is 5.73 Å². The molecular formula is C14H14N2. The minimum Gasteiger partial charge on any atom is -0.321 e. The third-order valence-electron chi connectivity index (χ3n) is 3.21. The van der Waals surface area contributed by atoms with Crippen molar-refractivity contribution < 1.29 is 0 Å². The van der Waals surface area contributed by atoms with Crippen molar-refractivity contribution in [3.05, 3.63) is 54.2 Å². The van der Waals surface area contributed by atoms with Crippen LogP contribution in [0.2, 0.25) is 0 Å². The van der Waals surface area contributed by atoms with E-state index in [1.807, 2.05) is 24.4 Å². The lowest BCUT2D eigenvalue weighted by Gasteiger charge is -2.09. The molecule has 1 aromatic carbocycles. The summed E-state index contributed by atoms with van der Waals surface area (Å²) in [5, 5.41) is 0. The van der Waals surface area contributed by atoms with Crippen LogP contribution in [0.25, 0.3) is 11.3 Å². The average molecular weight is 210 g/mol. The van der Waals surface area contributed by atoms with Crippen LogP contribution in [0.4, 0.5) is 0 Å². The van der Waals surface area contributed by atoms with Crippen LogP contribution >= 0.6 is 0 Å². The highest BCUT2D eigenvalue weighted by atomic mass is 14.8. The first-order valence-electron chi connectivity index (χ1n) is 5.59. The van der Waals surface area contributed by atoms with Crippen molar-refractivity contribution in [3.63, 3.8) is 0 Å². The summed E-state index contributed by atoms with van der Waals surface area (Å²) in [6.45, 7) is 0. The zero-order valence-electron chi connectivity index (χ0n) is 9.06. The number of nitrogens with two attached hydrogens (primary N) is 1. The number of pyridine rings is 1. The topological polar surface area (TPSA) is 38.9 Å². The maximum Gasteiger partial charge on any atom is 0.0701 e. The summed E-state index contributed by atoms with van der Waals surface area (Å²) < 4.78 is 0. The first kappa shape index (κ1) is 9.55. The molecule has 0 radical (unpaired) electrons. The van der Waals surface area contributed by atoms with Crippen molar-refractivity contribution in [1.82, 2.24) is 4.98 Å². The Hall–Kier alpha value is -1.67. The Morgan fingerprint density at radius 1 is 1.00 bits per heavy atom. The normalized spacial score (nSPS) is 17.1. The molecule has 0 bridgehead atoms. The minimum absolute atomic E-state index is 0.0390. The Labute approximate surface area is 95.1 Å². The Kier molecular flexibility index (Phi) is 2.04. The van der Waals surface area contributed by atoms with Gasteiger partial charge in [-0.05, 0) is 30.5 Å². The zero-order chi connectivity index (χ0) is 11.0. The lowest BCUT2D eigenvalue weighted by atomic mass is 10.0. The summed E-state index contributed by atoms with van der Waals surface area (Å²) in [5.74, 6) is 0. The average Bonchev–Trinajstić information content (AvgIpc) is 3.10. The molecule has 1 heterocycles. The molecule has 80 valence electrons. The maximum absolute atomic E-state index is 6.14. The van der Waals surface area contributed by atoms with E-state index in [9.17, 15) is 0 Å². The molecule has 1 aliphatic rings. The standard InChI is InChI=1S/C14H14N2/c15-14(8-9-14)12-6-4-11(5-7-12)13-3-1-2-10-16-13/h1-7,10H,8-9,15H2. The summed E-state index contributed by atoms with van der Waals surface area (Å²) in [6.07, 6.45) is 4.03. The molecular weight excluding hydrogens is 196 g/mol. The van der Waals surface area contributed by atoms with Gasteiger partial charge in [-0.2, -0.15) is 0 Å². The predicted octanol–water partition coefficient (Wildman–Crippen LogP) is 2.70. The van der Waals surface area contributed by atoms with Crippen LogP contribution in [0.5, 0.6) is 0 Å². The molecule has 1 saturated carbocycles. The molecule has 0 amide bonds. The van der Waals surface area contributed by atoms with E-state index in [1.165, 1.54) is 5.56 Å². The molecule has 1 aromatic heterocycles. The molecule has 2 aromatic rings. The van der Waals surface area contributed by atoms with Gasteiger partial charge >= 0.3 is 0 Å². The number of aromatic nitrogens is 1. The van der Waals surface area contributed by atoms with Crippen LogP contribution in [0.15, 0.2) is 48.7 Å². The molecule has 2 N–H and O–H groups in total. The third-order valence-corrected chi connectivity index (χ3v) is 3.21. The third kappa shape index (κ3) is 1.61. The molecule has 0 unspecified atom stereocenters. The second kappa shape index (κ2) is 3.42. The quantitative estimate of drug-likeness (QED) is 0.827. The van der Waals surface area contributed by atoms with E-state index >= 15 is 0 Å². The van der Waals surface area contributed by atoms with Crippen LogP contribution in [0, 0.1) is 0 Å². The highest BCUT2D eigenvalue weighted by Crippen LogP contribution is 2.42. The highest BCUT2D eigenvalue weighted by Gasteiger charge is 2.39. The fourth-order valence-electron chi connectivity index (χ4n) is 1.93. The predicted molar refractivity (Wildman–Crippen MR) is 64.8 cm³/mol. The molecule has 2 nitrogen and oxygen atoms in total. The van der Waals surface area contributed by atoms with E-state index in [0.717, 1.165) is 24.1 Å². The maximum atomic E-state index is 6.14. The largest absolute Gasteiger partial charge is 0.321 e. The Morgan fingerprint density at radius 2 is 1.75 bits per heavy atom. The summed E-state index contributed by atoms with van der Waals surface area (Å²) in [4.78, 5) is 4.33. The van der Waals surface area contributed by atoms with E-state index in [-0.39, 0.29) is 5.54 Å². The van der Waals surface area contributed by atoms with Gasteiger partial charge in [0.2, 0.25) is 0 Å². The van der Waals surface area contributed by atoms with Gasteiger partial charge in [-0.25, -0.2) is 0 Å². The second-order valence-electron chi connectivity index (χ2n) is 4.45. The van der Waals surface area contributed by atoms with Gasteiger partial charge in [0.25, 0.3) is 0 Å². The fraction of sp³-hybridized carbons (Fsp3) is 0.214. The molecule has 3 rings (SSSR count). The number of nitrogens with zero attached hydrogens (tertiary/aromatic N) is 1. The fourth-order valence-corrected chi connectivity index (χ4v) is 1.93. The molecule has 16 heavy (non-hydrogen) atoms. The Balaban J connectivity index is 1.94. The molecule has 0 spiro atoms. The lowest BCUT2D eigenvalue weighted by Crippen LogP contribution is -2.18. The van der Waals surface area contributed by atoms with Gasteiger partial charge < -0.3 is 5.73 Å². The lowest BCUT2D eigenvalue weighted by molar-refractivity contribution is 0.740. The molecule has 0 atom stereocenters. The Morgan fingerprint density at radius 3 is 2.31 bits per heavy atom. The van der Waals surface area contributed by atoms with E-state index in [4.69, 9.17) is 5.73 Å². The smallest absolute Gasteiger partial charge is 0.0701 e. The van der Waals surface area contributed by atoms with Crippen LogP contribution in [-0.2, 0) is 5.54 Å². The Bertz CT molecular complexity index is 484. The van der Waals surface area contributed by atoms with E-state index < -0.39 is 0 Å². The summed E-state index contributed by atoms with van der Waals surface area (Å²) >= 11 is 0. The van der Waals surface area contributed by atoms with Gasteiger partial charge in [0.05, 0.1) is 5.69 Å². The van der Waals surface area contributed by atoms with Crippen molar-refractivity contribution in [2.75, 3.05) is 0 Å². The molecule has 1 fully saturated rings. The monoisotopic (exact) mass is 210 g/mol. The molecule has 0 aliphatic heterocycles. The SMILES string of the molecule is NC1(c2ccc(-c3ccccn3)cc2)CC1. The summed E-state index contributed by atoms with van der Waals surface area (Å²) in [5.41, 5.74) is 9.50. The van der Waals surface area contributed by atoms with Gasteiger partial charge in [0, 0.05) is 17.3 Å². The van der Waals surface area contributed by atoms with Crippen molar-refractivity contribution in [2.45, 2.75) is 18.4 Å². The number of hydrogen-bond acceptors (Lipinski definition) is 2. The van der Waals surface area contributed by atoms with Crippen molar-refractivity contribution in [1.29, 1.82) is 0 Å². The van der Waals surface area contributed by atoms with Gasteiger partial charge in [0.1, 0.15) is 0 Å². The van der Waals surface area contributed by atoms with Gasteiger partial charge in [-0.3, -0.25) is 4.98 Å². The van der Waals surface area contributed by atoms with Gasteiger partial charge in [0.15, 0.2) is 0 Å². The first-order valence-corrected chi connectivity index (χ1v) is 5.59. The van der Waals surface area contributed by atoms with Crippen molar-refractivity contribution in [3.8, 4) is 11.3 Å². The van der Waals surface area contributed by atoms with Gasteiger partial charge in [-0.1, -0.05) is 30.3 Å². The number of benzene rings is 1.